The van der Waals surface area contributed by atoms with E-state index in [2.05, 4.69) is 22.0 Å². The molecule has 0 spiro atoms. The second-order valence-corrected chi connectivity index (χ2v) is 6.63. The Morgan fingerprint density at radius 3 is 2.16 bits per heavy atom. The molecule has 0 unspecified atom stereocenters. The fourth-order valence-electron chi connectivity index (χ4n) is 3.64. The molecule has 3 rings (SSSR count). The Morgan fingerprint density at radius 1 is 1.00 bits per heavy atom. The third-order valence-electron chi connectivity index (χ3n) is 5.26. The molecule has 0 aromatic heterocycles. The largest absolute Gasteiger partial charge is 0.340 e. The van der Waals surface area contributed by atoms with Crippen molar-refractivity contribution in [3.63, 3.8) is 0 Å². The SMILES string of the molecule is CC1CCC(N2CCN(C(=O)C3CNC3)CC2)CC1. The minimum Gasteiger partial charge on any atom is -0.340 e. The zero-order chi connectivity index (χ0) is 13.2. The van der Waals surface area contributed by atoms with Crippen molar-refractivity contribution in [1.82, 2.24) is 15.1 Å². The first kappa shape index (κ1) is 13.4. The molecule has 2 heterocycles. The van der Waals surface area contributed by atoms with Gasteiger partial charge in [0.05, 0.1) is 5.92 Å². The van der Waals surface area contributed by atoms with Gasteiger partial charge in [0, 0.05) is 45.3 Å². The quantitative estimate of drug-likeness (QED) is 0.807. The third-order valence-corrected chi connectivity index (χ3v) is 5.26. The van der Waals surface area contributed by atoms with Crippen molar-refractivity contribution in [2.45, 2.75) is 38.6 Å². The molecule has 3 fully saturated rings. The fraction of sp³-hybridized carbons (Fsp3) is 0.933. The van der Waals surface area contributed by atoms with Crippen LogP contribution in [0.5, 0.6) is 0 Å². The molecule has 0 aromatic rings. The minimum absolute atomic E-state index is 0.266. The lowest BCUT2D eigenvalue weighted by molar-refractivity contribution is -0.139. The lowest BCUT2D eigenvalue weighted by Gasteiger charge is -2.43. The number of hydrogen-bond acceptors (Lipinski definition) is 3. The molecule has 0 bridgehead atoms. The standard InChI is InChI=1S/C15H27N3O/c1-12-2-4-14(5-3-12)17-6-8-18(9-7-17)15(19)13-10-16-11-13/h12-14,16H,2-11H2,1H3. The molecule has 0 atom stereocenters. The van der Waals surface area contributed by atoms with Gasteiger partial charge < -0.3 is 10.2 Å². The second-order valence-electron chi connectivity index (χ2n) is 6.63. The van der Waals surface area contributed by atoms with E-state index in [1.54, 1.807) is 0 Å². The number of rotatable bonds is 2. The highest BCUT2D eigenvalue weighted by molar-refractivity contribution is 5.80. The van der Waals surface area contributed by atoms with Crippen molar-refractivity contribution >= 4 is 5.91 Å². The Kier molecular flexibility index (Phi) is 4.08. The maximum absolute atomic E-state index is 12.2. The number of piperazine rings is 1. The summed E-state index contributed by atoms with van der Waals surface area (Å²) in [6, 6.07) is 0.791. The van der Waals surface area contributed by atoms with E-state index in [1.807, 2.05) is 0 Å². The van der Waals surface area contributed by atoms with Crippen LogP contribution in [0, 0.1) is 11.8 Å². The van der Waals surface area contributed by atoms with E-state index in [-0.39, 0.29) is 5.92 Å². The summed E-state index contributed by atoms with van der Waals surface area (Å²) in [5.41, 5.74) is 0. The van der Waals surface area contributed by atoms with Gasteiger partial charge in [-0.15, -0.1) is 0 Å². The number of amides is 1. The van der Waals surface area contributed by atoms with Gasteiger partial charge in [0.1, 0.15) is 0 Å². The van der Waals surface area contributed by atoms with Gasteiger partial charge in [0.2, 0.25) is 5.91 Å². The molecular formula is C15H27N3O. The van der Waals surface area contributed by atoms with E-state index in [4.69, 9.17) is 0 Å². The number of nitrogens with zero attached hydrogens (tertiary/aromatic N) is 2. The van der Waals surface area contributed by atoms with Crippen molar-refractivity contribution in [3.8, 4) is 0 Å². The van der Waals surface area contributed by atoms with Crippen LogP contribution in [0.25, 0.3) is 0 Å². The zero-order valence-corrected chi connectivity index (χ0v) is 12.1. The first-order chi connectivity index (χ1) is 9.24. The number of carbonyl (C=O) groups excluding carboxylic acids is 1. The van der Waals surface area contributed by atoms with Crippen molar-refractivity contribution < 1.29 is 4.79 Å². The van der Waals surface area contributed by atoms with E-state index in [1.165, 1.54) is 25.7 Å². The molecule has 4 nitrogen and oxygen atoms in total. The normalized spacial score (nSPS) is 34.1. The topological polar surface area (TPSA) is 35.6 Å². The lowest BCUT2D eigenvalue weighted by Crippen LogP contribution is -2.57. The molecule has 2 saturated heterocycles. The van der Waals surface area contributed by atoms with Gasteiger partial charge in [0.15, 0.2) is 0 Å². The Morgan fingerprint density at radius 2 is 1.63 bits per heavy atom. The van der Waals surface area contributed by atoms with Crippen LogP contribution in [0.15, 0.2) is 0 Å². The Bertz CT molecular complexity index is 313. The van der Waals surface area contributed by atoms with E-state index in [9.17, 15) is 4.79 Å². The summed E-state index contributed by atoms with van der Waals surface area (Å²) in [7, 11) is 0. The summed E-state index contributed by atoms with van der Waals surface area (Å²) in [6.07, 6.45) is 5.50. The Labute approximate surface area is 116 Å². The first-order valence-corrected chi connectivity index (χ1v) is 7.97. The van der Waals surface area contributed by atoms with Gasteiger partial charge >= 0.3 is 0 Å². The highest BCUT2D eigenvalue weighted by Gasteiger charge is 2.33. The predicted molar refractivity (Wildman–Crippen MR) is 75.9 cm³/mol. The van der Waals surface area contributed by atoms with E-state index in [0.717, 1.165) is 51.2 Å². The molecule has 1 N–H and O–H groups in total. The maximum Gasteiger partial charge on any atom is 0.228 e. The van der Waals surface area contributed by atoms with Crippen LogP contribution >= 0.6 is 0 Å². The van der Waals surface area contributed by atoms with Crippen molar-refractivity contribution in [2.75, 3.05) is 39.3 Å². The average molecular weight is 265 g/mol. The zero-order valence-electron chi connectivity index (χ0n) is 12.1. The second kappa shape index (κ2) is 5.80. The highest BCUT2D eigenvalue weighted by atomic mass is 16.2. The smallest absolute Gasteiger partial charge is 0.228 e. The number of nitrogens with one attached hydrogen (secondary N) is 1. The van der Waals surface area contributed by atoms with Crippen LogP contribution in [0.3, 0.4) is 0 Å². The van der Waals surface area contributed by atoms with Crippen LogP contribution in [0.4, 0.5) is 0 Å². The van der Waals surface area contributed by atoms with Crippen molar-refractivity contribution in [2.24, 2.45) is 11.8 Å². The summed E-state index contributed by atoms with van der Waals surface area (Å²) in [6.45, 7) is 8.22. The van der Waals surface area contributed by atoms with Gasteiger partial charge in [-0.1, -0.05) is 6.92 Å². The lowest BCUT2D eigenvalue weighted by atomic mass is 9.86. The van der Waals surface area contributed by atoms with Crippen LogP contribution in [0.2, 0.25) is 0 Å². The summed E-state index contributed by atoms with van der Waals surface area (Å²) >= 11 is 0. The van der Waals surface area contributed by atoms with E-state index in [0.29, 0.717) is 5.91 Å². The van der Waals surface area contributed by atoms with Gasteiger partial charge in [-0.3, -0.25) is 9.69 Å². The van der Waals surface area contributed by atoms with Crippen molar-refractivity contribution in [3.05, 3.63) is 0 Å². The molecule has 0 radical (unpaired) electrons. The fourth-order valence-corrected chi connectivity index (χ4v) is 3.64. The van der Waals surface area contributed by atoms with E-state index < -0.39 is 0 Å². The molecule has 1 aliphatic carbocycles. The van der Waals surface area contributed by atoms with Gasteiger partial charge in [-0.2, -0.15) is 0 Å². The molecule has 19 heavy (non-hydrogen) atoms. The summed E-state index contributed by atoms with van der Waals surface area (Å²) in [4.78, 5) is 16.9. The summed E-state index contributed by atoms with van der Waals surface area (Å²) < 4.78 is 0. The molecule has 4 heteroatoms. The number of hydrogen-bond donors (Lipinski definition) is 1. The van der Waals surface area contributed by atoms with Crippen LogP contribution in [-0.4, -0.2) is 61.0 Å². The summed E-state index contributed by atoms with van der Waals surface area (Å²) in [5, 5.41) is 3.19. The Balaban J connectivity index is 1.45. The predicted octanol–water partition coefficient (Wildman–Crippen LogP) is 0.929. The molecule has 108 valence electrons. The van der Waals surface area contributed by atoms with Gasteiger partial charge in [-0.05, 0) is 31.6 Å². The van der Waals surface area contributed by atoms with Crippen molar-refractivity contribution in [1.29, 1.82) is 0 Å². The van der Waals surface area contributed by atoms with Crippen LogP contribution < -0.4 is 5.32 Å². The maximum atomic E-state index is 12.2. The van der Waals surface area contributed by atoms with E-state index >= 15 is 0 Å². The molecule has 1 amide bonds. The van der Waals surface area contributed by atoms with Crippen LogP contribution in [0.1, 0.15) is 32.6 Å². The molecule has 1 saturated carbocycles. The molecular weight excluding hydrogens is 238 g/mol. The average Bonchev–Trinajstić information content (AvgIpc) is 2.38. The molecule has 0 aromatic carbocycles. The highest BCUT2D eigenvalue weighted by Crippen LogP contribution is 2.27. The van der Waals surface area contributed by atoms with Gasteiger partial charge in [0.25, 0.3) is 0 Å². The molecule has 2 aliphatic heterocycles. The minimum atomic E-state index is 0.266. The monoisotopic (exact) mass is 265 g/mol. The summed E-state index contributed by atoms with van der Waals surface area (Å²) in [5.74, 6) is 1.57. The first-order valence-electron chi connectivity index (χ1n) is 7.97. The Hall–Kier alpha value is -0.610. The molecule has 3 aliphatic rings. The number of carbonyl (C=O) groups is 1. The van der Waals surface area contributed by atoms with Gasteiger partial charge in [-0.25, -0.2) is 0 Å². The van der Waals surface area contributed by atoms with Crippen LogP contribution in [-0.2, 0) is 4.79 Å². The third kappa shape index (κ3) is 2.95.